The van der Waals surface area contributed by atoms with Gasteiger partial charge in [-0.15, -0.1) is 0 Å². The van der Waals surface area contributed by atoms with E-state index in [0.29, 0.717) is 14.6 Å². The summed E-state index contributed by atoms with van der Waals surface area (Å²) in [7, 11) is 0. The number of ether oxygens (including phenoxy) is 1. The summed E-state index contributed by atoms with van der Waals surface area (Å²) in [5.41, 5.74) is 2.56. The summed E-state index contributed by atoms with van der Waals surface area (Å²) in [6, 6.07) is 10.1. The van der Waals surface area contributed by atoms with E-state index in [0.717, 1.165) is 16.9 Å². The predicted octanol–water partition coefficient (Wildman–Crippen LogP) is 5.22. The van der Waals surface area contributed by atoms with Crippen molar-refractivity contribution in [3.05, 3.63) is 78.5 Å². The van der Waals surface area contributed by atoms with Gasteiger partial charge in [-0.3, -0.25) is 14.9 Å². The Morgan fingerprint density at radius 1 is 1.21 bits per heavy atom. The Balaban J connectivity index is 1.70. The molecule has 8 nitrogen and oxygen atoms in total. The van der Waals surface area contributed by atoms with Crippen LogP contribution in [0.25, 0.3) is 0 Å². The number of nitrogens with one attached hydrogen (secondary N) is 1. The molecule has 0 radical (unpaired) electrons. The van der Waals surface area contributed by atoms with Crippen molar-refractivity contribution in [3.63, 3.8) is 0 Å². The zero-order valence-electron chi connectivity index (χ0n) is 15.5. The van der Waals surface area contributed by atoms with Crippen LogP contribution >= 0.6 is 31.9 Å². The third-order valence-electron chi connectivity index (χ3n) is 4.05. The lowest BCUT2D eigenvalue weighted by Crippen LogP contribution is -2.15. The van der Waals surface area contributed by atoms with Gasteiger partial charge in [0.2, 0.25) is 0 Å². The number of aryl methyl sites for hydroxylation is 2. The zero-order chi connectivity index (χ0) is 21.1. The average Bonchev–Trinajstić information content (AvgIpc) is 3.14. The van der Waals surface area contributed by atoms with Crippen LogP contribution in [0, 0.1) is 24.0 Å². The van der Waals surface area contributed by atoms with Gasteiger partial charge in [0.15, 0.2) is 12.4 Å². The highest BCUT2D eigenvalue weighted by molar-refractivity contribution is 9.11. The van der Waals surface area contributed by atoms with Gasteiger partial charge in [0, 0.05) is 27.3 Å². The van der Waals surface area contributed by atoms with Gasteiger partial charge in [-0.2, -0.15) is 5.10 Å². The van der Waals surface area contributed by atoms with Gasteiger partial charge in [0.25, 0.3) is 11.6 Å². The van der Waals surface area contributed by atoms with E-state index < -0.39 is 10.8 Å². The molecule has 2 aromatic carbocycles. The van der Waals surface area contributed by atoms with Crippen molar-refractivity contribution < 1.29 is 14.5 Å². The van der Waals surface area contributed by atoms with Crippen LogP contribution in [0.4, 0.5) is 11.4 Å². The number of amides is 1. The smallest absolute Gasteiger partial charge is 0.276 e. The van der Waals surface area contributed by atoms with Gasteiger partial charge in [0.1, 0.15) is 5.75 Å². The second kappa shape index (κ2) is 8.75. The number of nitro groups is 1. The molecular formula is C19H16Br2N4O4. The minimum absolute atomic E-state index is 0.102. The van der Waals surface area contributed by atoms with Crippen LogP contribution < -0.4 is 10.1 Å². The van der Waals surface area contributed by atoms with Crippen LogP contribution in [0.5, 0.6) is 5.75 Å². The second-order valence-corrected chi connectivity index (χ2v) is 7.99. The first-order valence-electron chi connectivity index (χ1n) is 8.43. The molecule has 0 spiro atoms. The molecule has 1 N–H and O–H groups in total. The normalized spacial score (nSPS) is 10.6. The summed E-state index contributed by atoms with van der Waals surface area (Å²) in [4.78, 5) is 22.9. The molecule has 29 heavy (non-hydrogen) atoms. The molecule has 1 amide bonds. The molecule has 0 saturated heterocycles. The molecule has 0 atom stereocenters. The summed E-state index contributed by atoms with van der Waals surface area (Å²) in [6.45, 7) is 4.09. The molecule has 0 bridgehead atoms. The molecule has 10 heteroatoms. The van der Waals surface area contributed by atoms with Crippen molar-refractivity contribution in [3.8, 4) is 5.75 Å². The number of benzene rings is 2. The number of rotatable bonds is 6. The Morgan fingerprint density at radius 3 is 2.55 bits per heavy atom. The maximum absolute atomic E-state index is 12.5. The molecule has 150 valence electrons. The largest absolute Gasteiger partial charge is 0.471 e. The standard InChI is InChI=1S/C19H16Br2N4O4/c1-11-3-4-12(2)17(7-11)29-10-24-6-5-16(23-24)19(26)22-18-14(20)8-13(25(27)28)9-15(18)21/h3-9H,10H2,1-2H3,(H,22,26). The first-order valence-corrected chi connectivity index (χ1v) is 10.0. The topological polar surface area (TPSA) is 99.3 Å². The summed E-state index contributed by atoms with van der Waals surface area (Å²) < 4.78 is 8.05. The molecule has 3 rings (SSSR count). The van der Waals surface area contributed by atoms with Crippen molar-refractivity contribution in [1.82, 2.24) is 9.78 Å². The Hall–Kier alpha value is -2.72. The van der Waals surface area contributed by atoms with E-state index in [1.54, 1.807) is 12.3 Å². The first-order chi connectivity index (χ1) is 13.7. The molecule has 0 aliphatic carbocycles. The molecular weight excluding hydrogens is 508 g/mol. The number of nitrogens with zero attached hydrogens (tertiary/aromatic N) is 3. The van der Waals surface area contributed by atoms with Crippen molar-refractivity contribution in [2.24, 2.45) is 0 Å². The van der Waals surface area contributed by atoms with Crippen molar-refractivity contribution in [2.45, 2.75) is 20.6 Å². The van der Waals surface area contributed by atoms with Gasteiger partial charge in [-0.1, -0.05) is 12.1 Å². The van der Waals surface area contributed by atoms with Crippen molar-refractivity contribution in [1.29, 1.82) is 0 Å². The van der Waals surface area contributed by atoms with E-state index in [2.05, 4.69) is 42.3 Å². The highest BCUT2D eigenvalue weighted by Crippen LogP contribution is 2.35. The van der Waals surface area contributed by atoms with Gasteiger partial charge in [0.05, 0.1) is 10.6 Å². The maximum atomic E-state index is 12.5. The fraction of sp³-hybridized carbons (Fsp3) is 0.158. The quantitative estimate of drug-likeness (QED) is 0.352. The molecule has 0 fully saturated rings. The number of hydrogen-bond acceptors (Lipinski definition) is 5. The number of anilines is 1. The number of halogens is 2. The Bertz CT molecular complexity index is 1070. The van der Waals surface area contributed by atoms with Crippen LogP contribution in [-0.4, -0.2) is 20.6 Å². The van der Waals surface area contributed by atoms with Crippen LogP contribution in [0.15, 0.2) is 51.5 Å². The van der Waals surface area contributed by atoms with Crippen molar-refractivity contribution >= 4 is 49.1 Å². The minimum Gasteiger partial charge on any atom is -0.471 e. The highest BCUT2D eigenvalue weighted by atomic mass is 79.9. The van der Waals surface area contributed by atoms with Gasteiger partial charge >= 0.3 is 0 Å². The third-order valence-corrected chi connectivity index (χ3v) is 5.30. The Kier molecular flexibility index (Phi) is 6.33. The molecule has 0 aliphatic heterocycles. The van der Waals surface area contributed by atoms with Crippen LogP contribution in [0.2, 0.25) is 0 Å². The maximum Gasteiger partial charge on any atom is 0.276 e. The molecule has 0 aliphatic rings. The lowest BCUT2D eigenvalue weighted by Gasteiger charge is -2.10. The lowest BCUT2D eigenvalue weighted by atomic mass is 10.1. The Morgan fingerprint density at radius 2 is 1.90 bits per heavy atom. The summed E-state index contributed by atoms with van der Waals surface area (Å²) >= 11 is 6.48. The number of carbonyl (C=O) groups excluding carboxylic acids is 1. The van der Waals surface area contributed by atoms with E-state index in [9.17, 15) is 14.9 Å². The van der Waals surface area contributed by atoms with E-state index in [1.807, 2.05) is 32.0 Å². The molecule has 1 aromatic heterocycles. The third kappa shape index (κ3) is 5.01. The monoisotopic (exact) mass is 522 g/mol. The molecule has 3 aromatic rings. The highest BCUT2D eigenvalue weighted by Gasteiger charge is 2.18. The van der Waals surface area contributed by atoms with Crippen LogP contribution in [-0.2, 0) is 6.73 Å². The van der Waals surface area contributed by atoms with Gasteiger partial charge in [-0.05, 0) is 69.0 Å². The lowest BCUT2D eigenvalue weighted by molar-refractivity contribution is -0.385. The van der Waals surface area contributed by atoms with E-state index in [1.165, 1.54) is 16.8 Å². The van der Waals surface area contributed by atoms with E-state index in [-0.39, 0.29) is 18.1 Å². The predicted molar refractivity (Wildman–Crippen MR) is 115 cm³/mol. The number of nitro benzene ring substituents is 1. The SMILES string of the molecule is Cc1ccc(C)c(OCn2ccc(C(=O)Nc3c(Br)cc([N+](=O)[O-])cc3Br)n2)c1. The average molecular weight is 524 g/mol. The zero-order valence-corrected chi connectivity index (χ0v) is 18.7. The summed E-state index contributed by atoms with van der Waals surface area (Å²) in [5, 5.41) is 17.8. The molecule has 1 heterocycles. The number of non-ortho nitro benzene ring substituents is 1. The second-order valence-electron chi connectivity index (χ2n) is 6.28. The number of hydrogen-bond donors (Lipinski definition) is 1. The fourth-order valence-electron chi connectivity index (χ4n) is 2.52. The summed E-state index contributed by atoms with van der Waals surface area (Å²) in [6.07, 6.45) is 1.64. The van der Waals surface area contributed by atoms with Gasteiger partial charge < -0.3 is 10.1 Å². The van der Waals surface area contributed by atoms with Crippen molar-refractivity contribution in [2.75, 3.05) is 5.32 Å². The van der Waals surface area contributed by atoms with E-state index in [4.69, 9.17) is 4.74 Å². The van der Waals surface area contributed by atoms with Crippen LogP contribution in [0.3, 0.4) is 0 Å². The molecule has 0 saturated carbocycles. The Labute approximate surface area is 183 Å². The van der Waals surface area contributed by atoms with Gasteiger partial charge in [-0.25, -0.2) is 4.68 Å². The van der Waals surface area contributed by atoms with E-state index >= 15 is 0 Å². The number of carbonyl (C=O) groups is 1. The minimum atomic E-state index is -0.515. The van der Waals surface area contributed by atoms with Crippen LogP contribution in [0.1, 0.15) is 21.6 Å². The summed E-state index contributed by atoms with van der Waals surface area (Å²) in [5.74, 6) is 0.302. The fourth-order valence-corrected chi connectivity index (χ4v) is 3.88. The number of aromatic nitrogens is 2. The first kappa shape index (κ1) is 21.0. The molecule has 0 unspecified atom stereocenters.